The summed E-state index contributed by atoms with van der Waals surface area (Å²) in [5.41, 5.74) is 1.57. The van der Waals surface area contributed by atoms with Crippen LogP contribution in [0.25, 0.3) is 5.69 Å². The number of nitrogens with zero attached hydrogens (tertiary/aromatic N) is 5. The predicted molar refractivity (Wildman–Crippen MR) is 78.7 cm³/mol. The number of nitrogens with one attached hydrogen (secondary N) is 3. The quantitative estimate of drug-likeness (QED) is 0.595. The zero-order chi connectivity index (χ0) is 16.1. The first-order valence-electron chi connectivity index (χ1n) is 6.62. The van der Waals surface area contributed by atoms with Crippen LogP contribution in [0.1, 0.15) is 10.4 Å². The van der Waals surface area contributed by atoms with Gasteiger partial charge >= 0.3 is 0 Å². The second kappa shape index (κ2) is 6.47. The highest BCUT2D eigenvalue weighted by Crippen LogP contribution is 2.08. The molecule has 2 aromatic heterocycles. The number of anilines is 1. The summed E-state index contributed by atoms with van der Waals surface area (Å²) < 4.78 is 1.43. The maximum absolute atomic E-state index is 12.1. The van der Waals surface area contributed by atoms with Crippen molar-refractivity contribution in [3.8, 4) is 5.69 Å². The van der Waals surface area contributed by atoms with E-state index in [1.807, 2.05) is 0 Å². The Bertz CT molecular complexity index is 797. The number of hydrogen-bond donors (Lipinski definition) is 3. The molecule has 116 valence electrons. The fourth-order valence-electron chi connectivity index (χ4n) is 1.86. The molecule has 0 fully saturated rings. The third kappa shape index (κ3) is 3.56. The van der Waals surface area contributed by atoms with E-state index in [-0.39, 0.29) is 18.4 Å². The second-order valence-electron chi connectivity index (χ2n) is 4.52. The average Bonchev–Trinajstić information content (AvgIpc) is 3.26. The lowest BCUT2D eigenvalue weighted by molar-refractivity contribution is -0.115. The minimum absolute atomic E-state index is 0.154. The average molecular weight is 312 g/mol. The molecule has 10 heteroatoms. The number of tetrazole rings is 1. The summed E-state index contributed by atoms with van der Waals surface area (Å²) in [4.78, 5) is 23.8. The van der Waals surface area contributed by atoms with Gasteiger partial charge in [0.1, 0.15) is 6.33 Å². The minimum Gasteiger partial charge on any atom is -0.343 e. The van der Waals surface area contributed by atoms with E-state index < -0.39 is 0 Å². The van der Waals surface area contributed by atoms with Crippen molar-refractivity contribution in [2.45, 2.75) is 0 Å². The molecular weight excluding hydrogens is 300 g/mol. The highest BCUT2D eigenvalue weighted by Gasteiger charge is 2.10. The number of rotatable bonds is 5. The van der Waals surface area contributed by atoms with Crippen molar-refractivity contribution in [2.24, 2.45) is 0 Å². The van der Waals surface area contributed by atoms with Crippen LogP contribution in [0.5, 0.6) is 0 Å². The molecule has 0 radical (unpaired) electrons. The van der Waals surface area contributed by atoms with Crippen molar-refractivity contribution in [3.05, 3.63) is 48.5 Å². The summed E-state index contributed by atoms with van der Waals surface area (Å²) in [7, 11) is 0. The van der Waals surface area contributed by atoms with Gasteiger partial charge in [-0.05, 0) is 28.6 Å². The molecular formula is C13H12N8O2. The summed E-state index contributed by atoms with van der Waals surface area (Å²) in [6.07, 6.45) is 4.43. The van der Waals surface area contributed by atoms with Gasteiger partial charge in [-0.15, -0.1) is 5.10 Å². The molecule has 23 heavy (non-hydrogen) atoms. The number of benzene rings is 1. The molecule has 0 saturated heterocycles. The van der Waals surface area contributed by atoms with Gasteiger partial charge in [0.25, 0.3) is 5.91 Å². The Kier molecular flexibility index (Phi) is 4.05. The van der Waals surface area contributed by atoms with Crippen molar-refractivity contribution < 1.29 is 9.59 Å². The smallest absolute Gasteiger partial charge is 0.251 e. The van der Waals surface area contributed by atoms with E-state index in [0.29, 0.717) is 16.9 Å². The van der Waals surface area contributed by atoms with Crippen molar-refractivity contribution >= 4 is 17.5 Å². The van der Waals surface area contributed by atoms with Crippen molar-refractivity contribution in [1.29, 1.82) is 0 Å². The third-order valence-corrected chi connectivity index (χ3v) is 2.91. The molecule has 0 unspecified atom stereocenters. The molecule has 0 bridgehead atoms. The number of aromatic amines is 1. The van der Waals surface area contributed by atoms with Gasteiger partial charge in [-0.25, -0.2) is 4.68 Å². The molecule has 1 aromatic carbocycles. The standard InChI is InChI=1S/C13H12N8O2/c22-12(18-10-5-15-16-6-10)7-14-13(23)9-2-1-3-11(4-9)21-8-17-19-20-21/h1-6,8H,7H2,(H,14,23)(H,15,16)(H,18,22). The van der Waals surface area contributed by atoms with Crippen LogP contribution in [-0.4, -0.2) is 48.8 Å². The summed E-state index contributed by atoms with van der Waals surface area (Å²) in [5, 5.41) is 22.2. The van der Waals surface area contributed by atoms with Crippen molar-refractivity contribution in [1.82, 2.24) is 35.7 Å². The highest BCUT2D eigenvalue weighted by molar-refractivity contribution is 5.99. The third-order valence-electron chi connectivity index (χ3n) is 2.91. The molecule has 10 nitrogen and oxygen atoms in total. The van der Waals surface area contributed by atoms with Gasteiger partial charge in [0, 0.05) is 11.8 Å². The molecule has 0 spiro atoms. The topological polar surface area (TPSA) is 130 Å². The zero-order valence-corrected chi connectivity index (χ0v) is 11.8. The van der Waals surface area contributed by atoms with Crippen LogP contribution in [0.15, 0.2) is 43.0 Å². The highest BCUT2D eigenvalue weighted by atomic mass is 16.2. The Hall–Kier alpha value is -3.56. The summed E-state index contributed by atoms with van der Waals surface area (Å²) >= 11 is 0. The number of hydrogen-bond acceptors (Lipinski definition) is 6. The lowest BCUT2D eigenvalue weighted by Crippen LogP contribution is -2.32. The molecule has 0 aliphatic carbocycles. The van der Waals surface area contributed by atoms with Gasteiger partial charge in [-0.2, -0.15) is 5.10 Å². The number of aromatic nitrogens is 6. The first-order chi connectivity index (χ1) is 11.2. The molecule has 3 rings (SSSR count). The van der Waals surface area contributed by atoms with E-state index >= 15 is 0 Å². The van der Waals surface area contributed by atoms with Gasteiger partial charge in [0.05, 0.1) is 24.1 Å². The molecule has 0 atom stereocenters. The van der Waals surface area contributed by atoms with Gasteiger partial charge in [0.15, 0.2) is 0 Å². The van der Waals surface area contributed by atoms with Crippen molar-refractivity contribution in [3.63, 3.8) is 0 Å². The lowest BCUT2D eigenvalue weighted by atomic mass is 10.2. The molecule has 2 amide bonds. The van der Waals surface area contributed by atoms with Crippen LogP contribution in [0.2, 0.25) is 0 Å². The van der Waals surface area contributed by atoms with Crippen LogP contribution >= 0.6 is 0 Å². The predicted octanol–water partition coefficient (Wildman–Crippen LogP) is -0.246. The Balaban J connectivity index is 1.60. The monoisotopic (exact) mass is 312 g/mol. The van der Waals surface area contributed by atoms with Crippen LogP contribution in [-0.2, 0) is 4.79 Å². The lowest BCUT2D eigenvalue weighted by Gasteiger charge is -2.06. The molecule has 2 heterocycles. The number of carbonyl (C=O) groups excluding carboxylic acids is 2. The van der Waals surface area contributed by atoms with E-state index in [0.717, 1.165) is 0 Å². The fourth-order valence-corrected chi connectivity index (χ4v) is 1.86. The van der Waals surface area contributed by atoms with Gasteiger partial charge in [0.2, 0.25) is 5.91 Å². The first kappa shape index (κ1) is 14.4. The normalized spacial score (nSPS) is 10.3. The Morgan fingerprint density at radius 2 is 2.22 bits per heavy atom. The number of amides is 2. The fraction of sp³-hybridized carbons (Fsp3) is 0.0769. The van der Waals surface area contributed by atoms with Gasteiger partial charge < -0.3 is 10.6 Å². The van der Waals surface area contributed by atoms with E-state index in [2.05, 4.69) is 36.4 Å². The van der Waals surface area contributed by atoms with Gasteiger partial charge in [-0.1, -0.05) is 6.07 Å². The van der Waals surface area contributed by atoms with Crippen molar-refractivity contribution in [2.75, 3.05) is 11.9 Å². The first-order valence-corrected chi connectivity index (χ1v) is 6.62. The van der Waals surface area contributed by atoms with Crippen LogP contribution in [0, 0.1) is 0 Å². The maximum Gasteiger partial charge on any atom is 0.251 e. The van der Waals surface area contributed by atoms with E-state index in [9.17, 15) is 9.59 Å². The van der Waals surface area contributed by atoms with E-state index in [1.54, 1.807) is 24.3 Å². The largest absolute Gasteiger partial charge is 0.343 e. The Morgan fingerprint density at radius 3 is 2.96 bits per heavy atom. The molecule has 0 aliphatic heterocycles. The van der Waals surface area contributed by atoms with E-state index in [4.69, 9.17) is 0 Å². The maximum atomic E-state index is 12.1. The summed E-state index contributed by atoms with van der Waals surface area (Å²) in [6.45, 7) is -0.154. The molecule has 3 aromatic rings. The molecule has 0 saturated carbocycles. The Labute approximate surface area is 129 Å². The van der Waals surface area contributed by atoms with Crippen LogP contribution in [0.3, 0.4) is 0 Å². The molecule has 0 aliphatic rings. The number of H-pyrrole nitrogens is 1. The summed E-state index contributed by atoms with van der Waals surface area (Å²) in [5.74, 6) is -0.723. The van der Waals surface area contributed by atoms with E-state index in [1.165, 1.54) is 23.4 Å². The summed E-state index contributed by atoms with van der Waals surface area (Å²) in [6, 6.07) is 6.73. The van der Waals surface area contributed by atoms with Crippen LogP contribution < -0.4 is 10.6 Å². The Morgan fingerprint density at radius 1 is 1.30 bits per heavy atom. The SMILES string of the molecule is O=C(CNC(=O)c1cccc(-n2cnnn2)c1)Nc1cn[nH]c1. The number of carbonyl (C=O) groups is 2. The zero-order valence-electron chi connectivity index (χ0n) is 11.8. The van der Waals surface area contributed by atoms with Gasteiger partial charge in [-0.3, -0.25) is 14.7 Å². The minimum atomic E-state index is -0.373. The molecule has 3 N–H and O–H groups in total. The second-order valence-corrected chi connectivity index (χ2v) is 4.52. The van der Waals surface area contributed by atoms with Crippen LogP contribution in [0.4, 0.5) is 5.69 Å².